The second kappa shape index (κ2) is 9.97. The van der Waals surface area contributed by atoms with Crippen molar-refractivity contribution in [1.82, 2.24) is 4.90 Å². The minimum absolute atomic E-state index is 0.131. The highest BCUT2D eigenvalue weighted by molar-refractivity contribution is 8.18. The maximum atomic E-state index is 12.8. The van der Waals surface area contributed by atoms with Crippen LogP contribution in [0.2, 0.25) is 5.02 Å². The maximum absolute atomic E-state index is 12.8. The average Bonchev–Trinajstić information content (AvgIpc) is 3.06. The fraction of sp³-hybridized carbons (Fsp3) is 0.125. The van der Waals surface area contributed by atoms with Gasteiger partial charge in [-0.2, -0.15) is 0 Å². The van der Waals surface area contributed by atoms with Crippen molar-refractivity contribution in [2.45, 2.75) is 0 Å². The van der Waals surface area contributed by atoms with E-state index in [0.29, 0.717) is 17.1 Å². The first-order chi connectivity index (χ1) is 15.9. The smallest absolute Gasteiger partial charge is 0.293 e. The largest absolute Gasteiger partial charge is 0.491 e. The first-order valence-electron chi connectivity index (χ1n) is 9.99. The van der Waals surface area contributed by atoms with Gasteiger partial charge in [-0.3, -0.25) is 19.3 Å². The summed E-state index contributed by atoms with van der Waals surface area (Å²) in [6.45, 7) is 0.0156. The molecule has 0 saturated carbocycles. The lowest BCUT2D eigenvalue weighted by molar-refractivity contribution is -0.123. The number of hydrogen-bond donors (Lipinski definition) is 1. The number of nitrogens with zero attached hydrogens (tertiary/aromatic N) is 1. The van der Waals surface area contributed by atoms with Gasteiger partial charge in [0.25, 0.3) is 17.1 Å². The lowest BCUT2D eigenvalue weighted by atomic mass is 10.1. The molecule has 168 valence electrons. The number of primary amides is 1. The lowest BCUT2D eigenvalue weighted by Gasteiger charge is -2.14. The molecule has 1 aliphatic rings. The molecule has 3 amide bonds. The van der Waals surface area contributed by atoms with E-state index in [0.717, 1.165) is 27.4 Å². The summed E-state index contributed by atoms with van der Waals surface area (Å²) in [5.41, 5.74) is 5.68. The molecule has 0 aromatic heterocycles. The average molecular weight is 483 g/mol. The van der Waals surface area contributed by atoms with Crippen molar-refractivity contribution in [2.75, 3.05) is 19.8 Å². The Bertz CT molecular complexity index is 1270. The molecule has 3 aromatic carbocycles. The Hall–Kier alpha value is -3.49. The monoisotopic (exact) mass is 482 g/mol. The molecule has 1 fully saturated rings. The molecule has 0 radical (unpaired) electrons. The molecule has 1 aliphatic heterocycles. The molecule has 0 unspecified atom stereocenters. The number of ether oxygens (including phenoxy) is 2. The lowest BCUT2D eigenvalue weighted by Crippen LogP contribution is -2.32. The van der Waals surface area contributed by atoms with E-state index in [-0.39, 0.29) is 34.9 Å². The number of benzene rings is 3. The van der Waals surface area contributed by atoms with Crippen LogP contribution in [0, 0.1) is 0 Å². The van der Waals surface area contributed by atoms with Crippen LogP contribution in [0.5, 0.6) is 11.5 Å². The molecule has 9 heteroatoms. The Morgan fingerprint density at radius 3 is 2.61 bits per heavy atom. The number of thioether (sulfide) groups is 1. The molecule has 0 aliphatic carbocycles. The summed E-state index contributed by atoms with van der Waals surface area (Å²) in [5.74, 6) is -0.0137. The van der Waals surface area contributed by atoms with Gasteiger partial charge in [0, 0.05) is 5.39 Å². The van der Waals surface area contributed by atoms with Gasteiger partial charge in [-0.25, -0.2) is 0 Å². The van der Waals surface area contributed by atoms with Crippen LogP contribution in [0.4, 0.5) is 4.79 Å². The molecule has 4 rings (SSSR count). The first kappa shape index (κ1) is 22.7. The Labute approximate surface area is 199 Å². The Kier molecular flexibility index (Phi) is 6.86. The number of carbonyl (C=O) groups excluding carboxylic acids is 3. The van der Waals surface area contributed by atoms with E-state index < -0.39 is 11.8 Å². The summed E-state index contributed by atoms with van der Waals surface area (Å²) in [5, 5.41) is 1.91. The van der Waals surface area contributed by atoms with Crippen molar-refractivity contribution in [3.05, 3.63) is 76.2 Å². The molecule has 1 saturated heterocycles. The maximum Gasteiger partial charge on any atom is 0.293 e. The number of hydrogen-bond acceptors (Lipinski definition) is 6. The van der Waals surface area contributed by atoms with Crippen molar-refractivity contribution < 1.29 is 23.9 Å². The summed E-state index contributed by atoms with van der Waals surface area (Å²) in [4.78, 5) is 37.4. The van der Waals surface area contributed by atoms with Crippen molar-refractivity contribution >= 4 is 57.3 Å². The Balaban J connectivity index is 1.40. The number of halogens is 1. The Morgan fingerprint density at radius 2 is 1.82 bits per heavy atom. The van der Waals surface area contributed by atoms with Crippen molar-refractivity contribution in [3.8, 4) is 11.5 Å². The molecule has 7 nitrogen and oxygen atoms in total. The molecule has 0 bridgehead atoms. The molecule has 2 N–H and O–H groups in total. The minimum atomic E-state index is -0.617. The van der Waals surface area contributed by atoms with Crippen molar-refractivity contribution in [3.63, 3.8) is 0 Å². The van der Waals surface area contributed by atoms with Crippen molar-refractivity contribution in [2.24, 2.45) is 5.73 Å². The van der Waals surface area contributed by atoms with Gasteiger partial charge in [-0.15, -0.1) is 0 Å². The zero-order chi connectivity index (χ0) is 23.4. The topological polar surface area (TPSA) is 98.9 Å². The molecular weight excluding hydrogens is 464 g/mol. The molecular formula is C24H19ClN2O5S. The van der Waals surface area contributed by atoms with Crippen LogP contribution < -0.4 is 15.2 Å². The highest BCUT2D eigenvalue weighted by Gasteiger charge is 2.34. The third kappa shape index (κ3) is 5.30. The second-order valence-electron chi connectivity index (χ2n) is 7.10. The third-order valence-electron chi connectivity index (χ3n) is 4.82. The highest BCUT2D eigenvalue weighted by atomic mass is 35.5. The number of amides is 3. The van der Waals surface area contributed by atoms with Crippen LogP contribution in [0.15, 0.2) is 65.6 Å². The molecule has 0 spiro atoms. The fourth-order valence-electron chi connectivity index (χ4n) is 3.29. The third-order valence-corrected chi connectivity index (χ3v) is 6.02. The van der Waals surface area contributed by atoms with Gasteiger partial charge >= 0.3 is 0 Å². The number of nitrogens with two attached hydrogens (primary N) is 1. The molecule has 33 heavy (non-hydrogen) atoms. The number of carbonyl (C=O) groups is 3. The Morgan fingerprint density at radius 1 is 1.03 bits per heavy atom. The van der Waals surface area contributed by atoms with E-state index in [1.807, 2.05) is 42.5 Å². The summed E-state index contributed by atoms with van der Waals surface area (Å²) < 4.78 is 11.1. The van der Waals surface area contributed by atoms with Gasteiger partial charge in [-0.05, 0) is 47.0 Å². The molecule has 1 heterocycles. The predicted molar refractivity (Wildman–Crippen MR) is 128 cm³/mol. The van der Waals surface area contributed by atoms with Crippen LogP contribution in [-0.2, 0) is 9.59 Å². The number of fused-ring (bicyclic) bond motifs is 1. The SMILES string of the molecule is NC(=O)COc1ccc(/C=C2\SC(=O)N(CCOc3cccc4ccccc34)C2=O)cc1Cl. The van der Waals surface area contributed by atoms with Crippen LogP contribution in [-0.4, -0.2) is 41.7 Å². The van der Waals surface area contributed by atoms with Gasteiger partial charge in [0.15, 0.2) is 6.61 Å². The zero-order valence-corrected chi connectivity index (χ0v) is 18.9. The van der Waals surface area contributed by atoms with Crippen molar-refractivity contribution in [1.29, 1.82) is 0 Å². The van der Waals surface area contributed by atoms with E-state index in [1.54, 1.807) is 24.3 Å². The summed E-state index contributed by atoms with van der Waals surface area (Å²) in [7, 11) is 0. The number of imide groups is 1. The van der Waals surface area contributed by atoms with E-state index in [1.165, 1.54) is 0 Å². The van der Waals surface area contributed by atoms with Gasteiger partial charge < -0.3 is 15.2 Å². The minimum Gasteiger partial charge on any atom is -0.491 e. The van der Waals surface area contributed by atoms with Crippen LogP contribution in [0.3, 0.4) is 0 Å². The van der Waals surface area contributed by atoms with Crippen LogP contribution >= 0.6 is 23.4 Å². The van der Waals surface area contributed by atoms with E-state index in [9.17, 15) is 14.4 Å². The fourth-order valence-corrected chi connectivity index (χ4v) is 4.39. The highest BCUT2D eigenvalue weighted by Crippen LogP contribution is 2.34. The summed E-state index contributed by atoms with van der Waals surface area (Å²) in [6, 6.07) is 18.4. The first-order valence-corrected chi connectivity index (χ1v) is 11.2. The normalized spacial score (nSPS) is 14.8. The standard InChI is InChI=1S/C24H19ClN2O5S/c25-18-12-15(8-9-20(18)32-14-22(26)28)13-21-23(29)27(24(30)33-21)10-11-31-19-7-3-5-16-4-1-2-6-17(16)19/h1-9,12-13H,10-11,14H2,(H2,26,28)/b21-13-. The number of rotatable bonds is 8. The van der Waals surface area contributed by atoms with Crippen LogP contribution in [0.1, 0.15) is 5.56 Å². The molecule has 3 aromatic rings. The van der Waals surface area contributed by atoms with E-state index in [2.05, 4.69) is 0 Å². The molecule has 0 atom stereocenters. The summed E-state index contributed by atoms with van der Waals surface area (Å²) in [6.07, 6.45) is 1.58. The van der Waals surface area contributed by atoms with Gasteiger partial charge in [0.1, 0.15) is 18.1 Å². The van der Waals surface area contributed by atoms with E-state index >= 15 is 0 Å². The van der Waals surface area contributed by atoms with Gasteiger partial charge in [0.05, 0.1) is 16.5 Å². The quantitative estimate of drug-likeness (QED) is 0.475. The summed E-state index contributed by atoms with van der Waals surface area (Å²) >= 11 is 7.03. The van der Waals surface area contributed by atoms with Gasteiger partial charge in [0.2, 0.25) is 0 Å². The van der Waals surface area contributed by atoms with E-state index in [4.69, 9.17) is 26.8 Å². The van der Waals surface area contributed by atoms with Gasteiger partial charge in [-0.1, -0.05) is 54.1 Å². The van der Waals surface area contributed by atoms with Crippen LogP contribution in [0.25, 0.3) is 16.8 Å². The second-order valence-corrected chi connectivity index (χ2v) is 8.50. The zero-order valence-electron chi connectivity index (χ0n) is 17.3. The predicted octanol–water partition coefficient (Wildman–Crippen LogP) is 4.47.